The van der Waals surface area contributed by atoms with Crippen LogP contribution in [0.3, 0.4) is 0 Å². The fourth-order valence-corrected chi connectivity index (χ4v) is 2.95. The normalized spacial score (nSPS) is 27.8. The van der Waals surface area contributed by atoms with Gasteiger partial charge in [0.15, 0.2) is 0 Å². The molecule has 112 valence electrons. The van der Waals surface area contributed by atoms with Crippen molar-refractivity contribution in [3.05, 3.63) is 35.1 Å². The molecular formula is C17H27FN2. The van der Waals surface area contributed by atoms with Crippen LogP contribution in [0.25, 0.3) is 0 Å². The molecule has 0 spiro atoms. The van der Waals surface area contributed by atoms with Crippen LogP contribution in [0, 0.1) is 12.7 Å². The van der Waals surface area contributed by atoms with Gasteiger partial charge in [-0.25, -0.2) is 4.39 Å². The Bertz CT molecular complexity index is 460. The number of hydrogen-bond acceptors (Lipinski definition) is 2. The fourth-order valence-electron chi connectivity index (χ4n) is 2.95. The summed E-state index contributed by atoms with van der Waals surface area (Å²) in [6.07, 6.45) is 2.27. The zero-order chi connectivity index (χ0) is 14.8. The van der Waals surface area contributed by atoms with Gasteiger partial charge in [0.25, 0.3) is 0 Å². The molecule has 0 aliphatic carbocycles. The Morgan fingerprint density at radius 3 is 2.75 bits per heavy atom. The second kappa shape index (κ2) is 6.23. The van der Waals surface area contributed by atoms with E-state index >= 15 is 0 Å². The Morgan fingerprint density at radius 2 is 2.15 bits per heavy atom. The van der Waals surface area contributed by atoms with Gasteiger partial charge in [-0.2, -0.15) is 0 Å². The highest BCUT2D eigenvalue weighted by atomic mass is 19.1. The number of rotatable bonds is 4. The van der Waals surface area contributed by atoms with Gasteiger partial charge in [-0.1, -0.05) is 19.9 Å². The van der Waals surface area contributed by atoms with Gasteiger partial charge in [0, 0.05) is 31.2 Å². The second-order valence-corrected chi connectivity index (χ2v) is 6.29. The Kier molecular flexibility index (Phi) is 4.82. The Labute approximate surface area is 122 Å². The number of nitrogens with zero attached hydrogens (tertiary/aromatic N) is 1. The lowest BCUT2D eigenvalue weighted by atomic mass is 9.90. The summed E-state index contributed by atoms with van der Waals surface area (Å²) in [5.41, 5.74) is 2.48. The summed E-state index contributed by atoms with van der Waals surface area (Å²) in [5, 5.41) is 3.65. The smallest absolute Gasteiger partial charge is 0.123 e. The van der Waals surface area contributed by atoms with Crippen molar-refractivity contribution in [2.45, 2.75) is 58.7 Å². The van der Waals surface area contributed by atoms with Crippen molar-refractivity contribution in [3.8, 4) is 0 Å². The van der Waals surface area contributed by atoms with E-state index in [0.717, 1.165) is 38.0 Å². The highest BCUT2D eigenvalue weighted by Crippen LogP contribution is 2.26. The van der Waals surface area contributed by atoms with Gasteiger partial charge in [-0.15, -0.1) is 0 Å². The molecular weight excluding hydrogens is 251 g/mol. The van der Waals surface area contributed by atoms with Crippen LogP contribution in [0.1, 0.15) is 44.7 Å². The van der Waals surface area contributed by atoms with Gasteiger partial charge in [-0.05, 0) is 49.9 Å². The Balaban J connectivity index is 2.18. The molecule has 0 amide bonds. The molecule has 0 radical (unpaired) electrons. The van der Waals surface area contributed by atoms with Crippen molar-refractivity contribution in [2.75, 3.05) is 13.1 Å². The molecule has 1 aromatic rings. The molecule has 1 fully saturated rings. The van der Waals surface area contributed by atoms with E-state index in [0.29, 0.717) is 6.04 Å². The molecule has 2 atom stereocenters. The molecule has 1 aromatic carbocycles. The van der Waals surface area contributed by atoms with Crippen molar-refractivity contribution in [3.63, 3.8) is 0 Å². The maximum atomic E-state index is 13.2. The van der Waals surface area contributed by atoms with Crippen molar-refractivity contribution < 1.29 is 4.39 Å². The van der Waals surface area contributed by atoms with Crippen molar-refractivity contribution in [1.82, 2.24) is 10.2 Å². The number of aryl methyl sites for hydroxylation is 1. The number of hydrogen-bond donors (Lipinski definition) is 1. The van der Waals surface area contributed by atoms with E-state index in [2.05, 4.69) is 31.0 Å². The lowest BCUT2D eigenvalue weighted by Crippen LogP contribution is -2.62. The number of nitrogens with one attached hydrogen (secondary N) is 1. The zero-order valence-corrected chi connectivity index (χ0v) is 13.2. The summed E-state index contributed by atoms with van der Waals surface area (Å²) >= 11 is 0. The molecule has 0 bridgehead atoms. The molecule has 1 saturated heterocycles. The predicted octanol–water partition coefficient (Wildman–Crippen LogP) is 3.49. The number of piperazine rings is 1. The van der Waals surface area contributed by atoms with Crippen LogP contribution in [-0.4, -0.2) is 29.6 Å². The van der Waals surface area contributed by atoms with Crippen LogP contribution >= 0.6 is 0 Å². The SMILES string of the molecule is CCC1CN(Cc2ccc(F)cc2C)C(C)(CC)CN1. The summed E-state index contributed by atoms with van der Waals surface area (Å²) in [5.74, 6) is -0.142. The van der Waals surface area contributed by atoms with Gasteiger partial charge in [0.1, 0.15) is 5.82 Å². The molecule has 1 aliphatic rings. The maximum Gasteiger partial charge on any atom is 0.123 e. The third-order valence-corrected chi connectivity index (χ3v) is 4.90. The second-order valence-electron chi connectivity index (χ2n) is 6.29. The van der Waals surface area contributed by atoms with E-state index < -0.39 is 0 Å². The highest BCUT2D eigenvalue weighted by Gasteiger charge is 2.35. The van der Waals surface area contributed by atoms with Crippen molar-refractivity contribution in [2.24, 2.45) is 0 Å². The van der Waals surface area contributed by atoms with Gasteiger partial charge in [0.05, 0.1) is 0 Å². The van der Waals surface area contributed by atoms with E-state index in [1.54, 1.807) is 12.1 Å². The van der Waals surface area contributed by atoms with E-state index in [4.69, 9.17) is 0 Å². The first kappa shape index (κ1) is 15.5. The van der Waals surface area contributed by atoms with E-state index in [1.165, 1.54) is 5.56 Å². The zero-order valence-electron chi connectivity index (χ0n) is 13.2. The molecule has 2 unspecified atom stereocenters. The van der Waals surface area contributed by atoms with Crippen molar-refractivity contribution >= 4 is 0 Å². The van der Waals surface area contributed by atoms with Gasteiger partial charge >= 0.3 is 0 Å². The average Bonchev–Trinajstić information content (AvgIpc) is 2.44. The highest BCUT2D eigenvalue weighted by molar-refractivity contribution is 5.26. The summed E-state index contributed by atoms with van der Waals surface area (Å²) in [6.45, 7) is 11.8. The molecule has 3 heteroatoms. The molecule has 1 aliphatic heterocycles. The summed E-state index contributed by atoms with van der Waals surface area (Å²) < 4.78 is 13.2. The number of benzene rings is 1. The maximum absolute atomic E-state index is 13.2. The van der Waals surface area contributed by atoms with Crippen molar-refractivity contribution in [1.29, 1.82) is 0 Å². The summed E-state index contributed by atoms with van der Waals surface area (Å²) in [6, 6.07) is 5.71. The largest absolute Gasteiger partial charge is 0.311 e. The molecule has 0 saturated carbocycles. The molecule has 2 nitrogen and oxygen atoms in total. The van der Waals surface area contributed by atoms with Crippen LogP contribution < -0.4 is 5.32 Å². The first-order valence-electron chi connectivity index (χ1n) is 7.72. The lowest BCUT2D eigenvalue weighted by Gasteiger charge is -2.48. The van der Waals surface area contributed by atoms with E-state index in [-0.39, 0.29) is 11.4 Å². The third-order valence-electron chi connectivity index (χ3n) is 4.90. The first-order chi connectivity index (χ1) is 9.48. The quantitative estimate of drug-likeness (QED) is 0.907. The lowest BCUT2D eigenvalue weighted by molar-refractivity contribution is 0.0406. The molecule has 0 aromatic heterocycles. The van der Waals surface area contributed by atoms with Gasteiger partial charge in [-0.3, -0.25) is 4.90 Å². The summed E-state index contributed by atoms with van der Waals surface area (Å²) in [7, 11) is 0. The average molecular weight is 278 g/mol. The first-order valence-corrected chi connectivity index (χ1v) is 7.72. The van der Waals surface area contributed by atoms with Crippen LogP contribution in [0.4, 0.5) is 4.39 Å². The summed E-state index contributed by atoms with van der Waals surface area (Å²) in [4.78, 5) is 2.57. The molecule has 1 N–H and O–H groups in total. The fraction of sp³-hybridized carbons (Fsp3) is 0.647. The molecule has 1 heterocycles. The Hall–Kier alpha value is -0.930. The predicted molar refractivity (Wildman–Crippen MR) is 82.3 cm³/mol. The molecule has 20 heavy (non-hydrogen) atoms. The minimum Gasteiger partial charge on any atom is -0.311 e. The third kappa shape index (κ3) is 3.21. The van der Waals surface area contributed by atoms with E-state index in [1.807, 2.05) is 13.0 Å². The van der Waals surface area contributed by atoms with Crippen LogP contribution in [0.2, 0.25) is 0 Å². The van der Waals surface area contributed by atoms with Gasteiger partial charge in [0.2, 0.25) is 0 Å². The Morgan fingerprint density at radius 1 is 1.40 bits per heavy atom. The van der Waals surface area contributed by atoms with E-state index in [9.17, 15) is 4.39 Å². The van der Waals surface area contributed by atoms with Crippen LogP contribution in [0.15, 0.2) is 18.2 Å². The van der Waals surface area contributed by atoms with Gasteiger partial charge < -0.3 is 5.32 Å². The standard InChI is InChI=1S/C17H27FN2/c1-5-16-11-20(17(4,6-2)12-19-16)10-14-7-8-15(18)9-13(14)3/h7-9,16,19H,5-6,10-12H2,1-4H3. The van der Waals surface area contributed by atoms with Crippen LogP contribution in [0.5, 0.6) is 0 Å². The minimum absolute atomic E-state index is 0.142. The topological polar surface area (TPSA) is 15.3 Å². The minimum atomic E-state index is -0.142. The number of halogens is 1. The van der Waals surface area contributed by atoms with Crippen LogP contribution in [-0.2, 0) is 6.54 Å². The molecule has 2 rings (SSSR count). The monoisotopic (exact) mass is 278 g/mol.